The van der Waals surface area contributed by atoms with Crippen LogP contribution in [0.4, 0.5) is 0 Å². The van der Waals surface area contributed by atoms with Gasteiger partial charge in [0.2, 0.25) is 5.91 Å². The van der Waals surface area contributed by atoms with Gasteiger partial charge in [-0.05, 0) is 42.5 Å². The third-order valence-corrected chi connectivity index (χ3v) is 4.77. The second kappa shape index (κ2) is 8.68. The van der Waals surface area contributed by atoms with Crippen LogP contribution in [0.15, 0.2) is 48.9 Å². The molecule has 0 bridgehead atoms. The average Bonchev–Trinajstić information content (AvgIpc) is 2.69. The van der Waals surface area contributed by atoms with E-state index < -0.39 is 0 Å². The topological polar surface area (TPSA) is 94.7 Å². The van der Waals surface area contributed by atoms with Crippen molar-refractivity contribution in [2.24, 2.45) is 5.73 Å². The minimum atomic E-state index is -0.337. The first-order chi connectivity index (χ1) is 13.0. The normalized spacial score (nSPS) is 11.9. The molecule has 3 aromatic rings. The van der Waals surface area contributed by atoms with E-state index in [0.717, 1.165) is 22.4 Å². The van der Waals surface area contributed by atoms with Gasteiger partial charge in [-0.25, -0.2) is 9.97 Å². The van der Waals surface area contributed by atoms with Crippen LogP contribution in [0.5, 0.6) is 0 Å². The zero-order valence-corrected chi connectivity index (χ0v) is 15.7. The third-order valence-electron chi connectivity index (χ3n) is 4.45. The van der Waals surface area contributed by atoms with Crippen LogP contribution in [0.25, 0.3) is 0 Å². The Bertz CT molecular complexity index is 933. The van der Waals surface area contributed by atoms with Gasteiger partial charge in [0.05, 0.1) is 22.8 Å². The number of hydrogen-bond acceptors (Lipinski definition) is 5. The Balaban J connectivity index is 1.77. The molecule has 0 saturated carbocycles. The molecular weight excluding hydrogens is 362 g/mol. The second-order valence-electron chi connectivity index (χ2n) is 6.33. The average molecular weight is 382 g/mol. The predicted octanol–water partition coefficient (Wildman–Crippen LogP) is 2.88. The molecule has 0 aliphatic rings. The maximum atomic E-state index is 11.6. The summed E-state index contributed by atoms with van der Waals surface area (Å²) in [6, 6.07) is 9.69. The number of aryl methyl sites for hydroxylation is 2. The van der Waals surface area contributed by atoms with E-state index >= 15 is 0 Å². The van der Waals surface area contributed by atoms with Gasteiger partial charge >= 0.3 is 0 Å². The van der Waals surface area contributed by atoms with Crippen LogP contribution in [-0.4, -0.2) is 26.1 Å². The van der Waals surface area contributed by atoms with E-state index in [1.54, 1.807) is 18.6 Å². The summed E-state index contributed by atoms with van der Waals surface area (Å²) < 4.78 is 0. The molecule has 1 unspecified atom stereocenters. The molecule has 0 aliphatic heterocycles. The highest BCUT2D eigenvalue weighted by molar-refractivity contribution is 6.31. The molecule has 0 radical (unpaired) electrons. The molecule has 0 saturated heterocycles. The van der Waals surface area contributed by atoms with Gasteiger partial charge in [-0.1, -0.05) is 35.9 Å². The number of halogens is 1. The maximum absolute atomic E-state index is 11.6. The van der Waals surface area contributed by atoms with Gasteiger partial charge in [0.15, 0.2) is 0 Å². The van der Waals surface area contributed by atoms with Gasteiger partial charge in [0.1, 0.15) is 5.82 Å². The van der Waals surface area contributed by atoms with Crippen molar-refractivity contribution in [1.82, 2.24) is 20.2 Å². The van der Waals surface area contributed by atoms with Crippen molar-refractivity contribution in [2.75, 3.05) is 0 Å². The van der Waals surface area contributed by atoms with Crippen molar-refractivity contribution in [2.45, 2.75) is 32.1 Å². The first-order valence-electron chi connectivity index (χ1n) is 8.67. The van der Waals surface area contributed by atoms with Gasteiger partial charge in [0, 0.05) is 18.8 Å². The molecule has 6 nitrogen and oxygen atoms in total. The molecule has 0 aliphatic carbocycles. The number of primary amides is 1. The largest absolute Gasteiger partial charge is 0.369 e. The van der Waals surface area contributed by atoms with Crippen molar-refractivity contribution in [3.63, 3.8) is 0 Å². The summed E-state index contributed by atoms with van der Waals surface area (Å²) in [6.45, 7) is 1.82. The molecular formula is C20H20ClN5O. The third kappa shape index (κ3) is 4.86. The first kappa shape index (κ1) is 18.9. The predicted molar refractivity (Wildman–Crippen MR) is 103 cm³/mol. The van der Waals surface area contributed by atoms with Gasteiger partial charge in [0.25, 0.3) is 0 Å². The maximum Gasteiger partial charge on any atom is 0.224 e. The van der Waals surface area contributed by atoms with E-state index in [4.69, 9.17) is 17.3 Å². The lowest BCUT2D eigenvalue weighted by Gasteiger charge is -2.14. The zero-order valence-electron chi connectivity index (χ0n) is 15.0. The van der Waals surface area contributed by atoms with Crippen LogP contribution in [-0.2, 0) is 24.1 Å². The number of rotatable bonds is 7. The summed E-state index contributed by atoms with van der Waals surface area (Å²) >= 11 is 6.30. The number of carbonyl (C=O) groups is 1. The van der Waals surface area contributed by atoms with E-state index in [-0.39, 0.29) is 11.8 Å². The Labute approximate surface area is 162 Å². The minimum absolute atomic E-state index is 0.336. The van der Waals surface area contributed by atoms with Crippen molar-refractivity contribution < 1.29 is 4.79 Å². The molecule has 0 fully saturated rings. The smallest absolute Gasteiger partial charge is 0.224 e. The van der Waals surface area contributed by atoms with Crippen LogP contribution in [0.2, 0.25) is 5.02 Å². The molecule has 2 aromatic heterocycles. The van der Waals surface area contributed by atoms with Gasteiger partial charge in [-0.2, -0.15) is 10.2 Å². The highest BCUT2D eigenvalue weighted by Gasteiger charge is 2.16. The quantitative estimate of drug-likeness (QED) is 0.679. The number of amides is 1. The first-order valence-corrected chi connectivity index (χ1v) is 9.05. The molecule has 3 rings (SSSR count). The Hall–Kier alpha value is -2.86. The summed E-state index contributed by atoms with van der Waals surface area (Å²) in [5.74, 6) is 0.00813. The van der Waals surface area contributed by atoms with E-state index in [0.29, 0.717) is 30.1 Å². The zero-order chi connectivity index (χ0) is 19.2. The summed E-state index contributed by atoms with van der Waals surface area (Å²) in [5, 5.41) is 8.17. The molecule has 2 N–H and O–H groups in total. The summed E-state index contributed by atoms with van der Waals surface area (Å²) in [7, 11) is 0. The lowest BCUT2D eigenvalue weighted by Crippen LogP contribution is -2.20. The summed E-state index contributed by atoms with van der Waals surface area (Å²) in [4.78, 5) is 20.5. The van der Waals surface area contributed by atoms with Crippen LogP contribution in [0.1, 0.15) is 41.1 Å². The Morgan fingerprint density at radius 3 is 2.70 bits per heavy atom. The SMILES string of the molecule is CC(C(N)=O)c1ccccc1CCc1nc(Cc2ccnnc2)ncc1Cl. The fourth-order valence-corrected chi connectivity index (χ4v) is 3.09. The number of aromatic nitrogens is 4. The van der Waals surface area contributed by atoms with Gasteiger partial charge in [-0.15, -0.1) is 0 Å². The highest BCUT2D eigenvalue weighted by atomic mass is 35.5. The summed E-state index contributed by atoms with van der Waals surface area (Å²) in [5.41, 5.74) is 9.25. The van der Waals surface area contributed by atoms with Gasteiger partial charge < -0.3 is 5.73 Å². The van der Waals surface area contributed by atoms with Gasteiger partial charge in [-0.3, -0.25) is 4.79 Å². The Morgan fingerprint density at radius 2 is 1.96 bits per heavy atom. The monoisotopic (exact) mass is 381 g/mol. The number of hydrogen-bond donors (Lipinski definition) is 1. The van der Waals surface area contributed by atoms with Crippen LogP contribution >= 0.6 is 11.6 Å². The van der Waals surface area contributed by atoms with Crippen LogP contribution in [0.3, 0.4) is 0 Å². The van der Waals surface area contributed by atoms with Crippen LogP contribution in [0, 0.1) is 0 Å². The molecule has 2 heterocycles. The van der Waals surface area contributed by atoms with Crippen molar-refractivity contribution in [1.29, 1.82) is 0 Å². The fraction of sp³-hybridized carbons (Fsp3) is 0.250. The number of carbonyl (C=O) groups excluding carboxylic acids is 1. The molecule has 27 heavy (non-hydrogen) atoms. The Kier molecular flexibility index (Phi) is 6.08. The molecule has 7 heteroatoms. The standard InChI is InChI=1S/C20H20ClN5O/c1-13(20(22)27)16-5-3-2-4-15(16)6-7-18-17(21)12-23-19(26-18)10-14-8-9-24-25-11-14/h2-5,8-9,11-13H,6-7,10H2,1H3,(H2,22,27). The molecule has 1 atom stereocenters. The summed E-state index contributed by atoms with van der Waals surface area (Å²) in [6.07, 6.45) is 6.88. The number of nitrogens with two attached hydrogens (primary N) is 1. The fourth-order valence-electron chi connectivity index (χ4n) is 2.90. The van der Waals surface area contributed by atoms with Crippen molar-refractivity contribution >= 4 is 17.5 Å². The molecule has 138 valence electrons. The molecule has 0 spiro atoms. The van der Waals surface area contributed by atoms with E-state index in [9.17, 15) is 4.79 Å². The molecule has 1 aromatic carbocycles. The Morgan fingerprint density at radius 1 is 1.15 bits per heavy atom. The van der Waals surface area contributed by atoms with E-state index in [2.05, 4.69) is 20.2 Å². The highest BCUT2D eigenvalue weighted by Crippen LogP contribution is 2.22. The second-order valence-corrected chi connectivity index (χ2v) is 6.74. The molecule has 1 amide bonds. The lowest BCUT2D eigenvalue weighted by molar-refractivity contribution is -0.119. The van der Waals surface area contributed by atoms with Crippen molar-refractivity contribution in [3.05, 3.63) is 82.2 Å². The van der Waals surface area contributed by atoms with E-state index in [1.807, 2.05) is 37.3 Å². The van der Waals surface area contributed by atoms with E-state index in [1.165, 1.54) is 0 Å². The lowest BCUT2D eigenvalue weighted by atomic mass is 9.92. The number of nitrogens with zero attached hydrogens (tertiary/aromatic N) is 4. The minimum Gasteiger partial charge on any atom is -0.369 e. The van der Waals surface area contributed by atoms with Crippen molar-refractivity contribution in [3.8, 4) is 0 Å². The number of benzene rings is 1. The van der Waals surface area contributed by atoms with Crippen LogP contribution < -0.4 is 5.73 Å².